The highest BCUT2D eigenvalue weighted by atomic mass is 32.2. The van der Waals surface area contributed by atoms with Gasteiger partial charge in [0, 0.05) is 19.6 Å². The third kappa shape index (κ3) is 5.26. The molecule has 0 saturated carbocycles. The van der Waals surface area contributed by atoms with Crippen molar-refractivity contribution in [2.24, 2.45) is 5.92 Å². The van der Waals surface area contributed by atoms with Crippen LogP contribution in [0.2, 0.25) is 0 Å². The molecule has 3 rings (SSSR count). The zero-order valence-corrected chi connectivity index (χ0v) is 16.9. The summed E-state index contributed by atoms with van der Waals surface area (Å²) in [5.41, 5.74) is 0. The second kappa shape index (κ2) is 9.27. The molecule has 1 N–H and O–H groups in total. The van der Waals surface area contributed by atoms with Crippen molar-refractivity contribution in [1.82, 2.24) is 20.1 Å². The maximum absolute atomic E-state index is 12.3. The van der Waals surface area contributed by atoms with E-state index in [2.05, 4.69) is 38.8 Å². The maximum Gasteiger partial charge on any atom is 0.231 e. The van der Waals surface area contributed by atoms with Gasteiger partial charge in [0.25, 0.3) is 0 Å². The van der Waals surface area contributed by atoms with E-state index in [0.29, 0.717) is 19.1 Å². The van der Waals surface area contributed by atoms with Gasteiger partial charge < -0.3 is 19.4 Å². The molecule has 2 aromatic rings. The first-order chi connectivity index (χ1) is 13.0. The summed E-state index contributed by atoms with van der Waals surface area (Å²) in [5, 5.41) is 12.4. The Hall–Kier alpha value is -2.00. The lowest BCUT2D eigenvalue weighted by Gasteiger charge is -2.28. The van der Waals surface area contributed by atoms with Gasteiger partial charge in [0.15, 0.2) is 5.16 Å². The second-order valence-corrected chi connectivity index (χ2v) is 7.92. The van der Waals surface area contributed by atoms with Crippen LogP contribution in [0.5, 0.6) is 0 Å². The van der Waals surface area contributed by atoms with E-state index in [-0.39, 0.29) is 17.7 Å². The summed E-state index contributed by atoms with van der Waals surface area (Å²) in [5.74, 6) is 2.28. The first-order valence-corrected chi connectivity index (χ1v) is 10.2. The maximum atomic E-state index is 12.3. The third-order valence-electron chi connectivity index (χ3n) is 4.22. The molecule has 1 saturated heterocycles. The molecule has 1 amide bonds. The lowest BCUT2D eigenvalue weighted by molar-refractivity contribution is -0.119. The van der Waals surface area contributed by atoms with Crippen molar-refractivity contribution in [3.05, 3.63) is 24.2 Å². The molecule has 9 heteroatoms. The molecule has 1 aliphatic heterocycles. The van der Waals surface area contributed by atoms with Crippen molar-refractivity contribution in [2.45, 2.75) is 38.5 Å². The molecule has 0 aliphatic carbocycles. The SMILES string of the molecule is CC(C)Cn1c(SCC(=O)NC(C)c2ccco2)nnc1N1CCOCC1. The molecule has 148 valence electrons. The number of morpholine rings is 1. The third-order valence-corrected chi connectivity index (χ3v) is 5.19. The molecule has 0 bridgehead atoms. The molecule has 2 aromatic heterocycles. The van der Waals surface area contributed by atoms with Gasteiger partial charge in [0.05, 0.1) is 31.3 Å². The minimum atomic E-state index is -0.162. The van der Waals surface area contributed by atoms with E-state index in [0.717, 1.165) is 36.5 Å². The minimum absolute atomic E-state index is 0.0593. The van der Waals surface area contributed by atoms with Crippen LogP contribution < -0.4 is 10.2 Å². The van der Waals surface area contributed by atoms with E-state index in [4.69, 9.17) is 9.15 Å². The summed E-state index contributed by atoms with van der Waals surface area (Å²) in [6.45, 7) is 10.1. The first-order valence-electron chi connectivity index (χ1n) is 9.26. The molecule has 1 atom stereocenters. The smallest absolute Gasteiger partial charge is 0.231 e. The van der Waals surface area contributed by atoms with Crippen molar-refractivity contribution < 1.29 is 13.9 Å². The number of nitrogens with zero attached hydrogens (tertiary/aromatic N) is 4. The Balaban J connectivity index is 1.63. The van der Waals surface area contributed by atoms with Crippen LogP contribution in [-0.2, 0) is 16.1 Å². The fraction of sp³-hybridized carbons (Fsp3) is 0.611. The van der Waals surface area contributed by atoms with E-state index in [1.54, 1.807) is 6.26 Å². The zero-order valence-electron chi connectivity index (χ0n) is 16.1. The molecule has 1 aliphatic rings. The number of ether oxygens (including phenoxy) is 1. The second-order valence-electron chi connectivity index (χ2n) is 6.98. The minimum Gasteiger partial charge on any atom is -0.467 e. The Bertz CT molecular complexity index is 725. The van der Waals surface area contributed by atoms with Gasteiger partial charge >= 0.3 is 0 Å². The highest BCUT2D eigenvalue weighted by Gasteiger charge is 2.22. The average molecular weight is 394 g/mol. The first kappa shape index (κ1) is 19.8. The molecule has 1 fully saturated rings. The molecule has 1 unspecified atom stereocenters. The lowest BCUT2D eigenvalue weighted by Crippen LogP contribution is -2.38. The Labute approximate surface area is 163 Å². The van der Waals surface area contributed by atoms with E-state index in [9.17, 15) is 4.79 Å². The van der Waals surface area contributed by atoms with Gasteiger partial charge in [0.2, 0.25) is 11.9 Å². The molecular weight excluding hydrogens is 366 g/mol. The summed E-state index contributed by atoms with van der Waals surface area (Å²) in [6.07, 6.45) is 1.61. The highest BCUT2D eigenvalue weighted by molar-refractivity contribution is 7.99. The Morgan fingerprint density at radius 3 is 2.74 bits per heavy atom. The molecular formula is C18H27N5O3S. The van der Waals surface area contributed by atoms with Gasteiger partial charge in [-0.15, -0.1) is 10.2 Å². The van der Waals surface area contributed by atoms with Crippen molar-refractivity contribution in [2.75, 3.05) is 37.0 Å². The predicted molar refractivity (Wildman–Crippen MR) is 104 cm³/mol. The van der Waals surface area contributed by atoms with Crippen LogP contribution >= 0.6 is 11.8 Å². The van der Waals surface area contributed by atoms with Gasteiger partial charge in [-0.25, -0.2) is 0 Å². The van der Waals surface area contributed by atoms with Gasteiger partial charge in [-0.3, -0.25) is 9.36 Å². The number of amides is 1. The monoisotopic (exact) mass is 393 g/mol. The number of furan rings is 1. The number of thioether (sulfide) groups is 1. The Kier molecular flexibility index (Phi) is 6.78. The normalized spacial score (nSPS) is 15.9. The summed E-state index contributed by atoms with van der Waals surface area (Å²) >= 11 is 1.41. The number of hydrogen-bond acceptors (Lipinski definition) is 7. The van der Waals surface area contributed by atoms with E-state index >= 15 is 0 Å². The van der Waals surface area contributed by atoms with Gasteiger partial charge in [-0.05, 0) is 25.0 Å². The molecule has 27 heavy (non-hydrogen) atoms. The van der Waals surface area contributed by atoms with Crippen LogP contribution in [0, 0.1) is 5.92 Å². The molecule has 0 radical (unpaired) electrons. The van der Waals surface area contributed by atoms with E-state index in [1.165, 1.54) is 11.8 Å². The molecule has 8 nitrogen and oxygen atoms in total. The van der Waals surface area contributed by atoms with Gasteiger partial charge in [0.1, 0.15) is 5.76 Å². The van der Waals surface area contributed by atoms with Crippen molar-refractivity contribution >= 4 is 23.6 Å². The average Bonchev–Trinajstić information content (AvgIpc) is 3.30. The molecule has 0 spiro atoms. The van der Waals surface area contributed by atoms with Crippen LogP contribution in [-0.4, -0.2) is 52.7 Å². The van der Waals surface area contributed by atoms with Crippen molar-refractivity contribution in [3.8, 4) is 0 Å². The summed E-state index contributed by atoms with van der Waals surface area (Å²) < 4.78 is 12.9. The van der Waals surface area contributed by atoms with Crippen molar-refractivity contribution in [1.29, 1.82) is 0 Å². The van der Waals surface area contributed by atoms with Crippen LogP contribution in [0.25, 0.3) is 0 Å². The van der Waals surface area contributed by atoms with Crippen molar-refractivity contribution in [3.63, 3.8) is 0 Å². The van der Waals surface area contributed by atoms with Crippen LogP contribution in [0.3, 0.4) is 0 Å². The standard InChI is InChI=1S/C18H27N5O3S/c1-13(2)11-23-17(22-6-9-25-10-7-22)20-21-18(23)27-12-16(24)19-14(3)15-5-4-8-26-15/h4-5,8,13-14H,6-7,9-12H2,1-3H3,(H,19,24). The fourth-order valence-electron chi connectivity index (χ4n) is 2.93. The molecule has 0 aromatic carbocycles. The largest absolute Gasteiger partial charge is 0.467 e. The lowest BCUT2D eigenvalue weighted by atomic mass is 10.2. The fourth-order valence-corrected chi connectivity index (χ4v) is 3.69. The number of aromatic nitrogens is 3. The van der Waals surface area contributed by atoms with Gasteiger partial charge in [-0.2, -0.15) is 0 Å². The number of anilines is 1. The van der Waals surface area contributed by atoms with E-state index in [1.807, 2.05) is 19.1 Å². The number of nitrogens with one attached hydrogen (secondary N) is 1. The quantitative estimate of drug-likeness (QED) is 0.689. The van der Waals surface area contributed by atoms with Crippen LogP contribution in [0.1, 0.15) is 32.6 Å². The zero-order chi connectivity index (χ0) is 19.2. The number of hydrogen-bond donors (Lipinski definition) is 1. The number of carbonyl (C=O) groups excluding carboxylic acids is 1. The van der Waals surface area contributed by atoms with Crippen LogP contribution in [0.4, 0.5) is 5.95 Å². The summed E-state index contributed by atoms with van der Waals surface area (Å²) in [4.78, 5) is 14.5. The highest BCUT2D eigenvalue weighted by Crippen LogP contribution is 2.24. The number of rotatable bonds is 8. The Morgan fingerprint density at radius 1 is 1.30 bits per heavy atom. The summed E-state index contributed by atoms with van der Waals surface area (Å²) in [7, 11) is 0. The molecule has 3 heterocycles. The topological polar surface area (TPSA) is 85.4 Å². The summed E-state index contributed by atoms with van der Waals surface area (Å²) in [6, 6.07) is 3.51. The predicted octanol–water partition coefficient (Wildman–Crippen LogP) is 2.33. The van der Waals surface area contributed by atoms with Crippen LogP contribution in [0.15, 0.2) is 28.0 Å². The Morgan fingerprint density at radius 2 is 2.07 bits per heavy atom. The van der Waals surface area contributed by atoms with E-state index < -0.39 is 0 Å². The van der Waals surface area contributed by atoms with Gasteiger partial charge in [-0.1, -0.05) is 25.6 Å². The number of carbonyl (C=O) groups is 1.